The molecule has 0 radical (unpaired) electrons. The summed E-state index contributed by atoms with van der Waals surface area (Å²) in [7, 11) is -1.01. The molecule has 0 bridgehead atoms. The van der Waals surface area contributed by atoms with E-state index in [9.17, 15) is 0 Å². The molecule has 1 unspecified atom stereocenters. The van der Waals surface area contributed by atoms with Crippen LogP contribution in [-0.4, -0.2) is 15.4 Å². The number of methoxy groups -OCH3 is 1. The van der Waals surface area contributed by atoms with Gasteiger partial charge in [-0.1, -0.05) is 165 Å². The number of alkyl halides is 1. The van der Waals surface area contributed by atoms with E-state index in [1.807, 2.05) is 24.3 Å². The predicted octanol–water partition coefficient (Wildman–Crippen LogP) is 8.88. The van der Waals surface area contributed by atoms with E-state index in [2.05, 4.69) is 153 Å². The summed E-state index contributed by atoms with van der Waals surface area (Å²) in [5.41, 5.74) is 4.38. The van der Waals surface area contributed by atoms with Gasteiger partial charge in [-0.3, -0.25) is 0 Å². The summed E-state index contributed by atoms with van der Waals surface area (Å²) in [5.74, 6) is 1.64. The lowest BCUT2D eigenvalue weighted by atomic mass is 10.0. The van der Waals surface area contributed by atoms with Crippen molar-refractivity contribution >= 4 is 41.3 Å². The van der Waals surface area contributed by atoms with Crippen molar-refractivity contribution in [1.29, 1.82) is 0 Å². The van der Waals surface area contributed by atoms with Crippen LogP contribution >= 0.6 is 22.6 Å². The van der Waals surface area contributed by atoms with Gasteiger partial charge in [0.05, 0.1) is 17.6 Å². The second-order valence-electron chi connectivity index (χ2n) is 11.7. The quantitative estimate of drug-likeness (QED) is 0.0784. The lowest BCUT2D eigenvalue weighted by Gasteiger charge is -2.43. The Kier molecular flexibility index (Phi) is 10.1. The zero-order valence-corrected chi connectivity index (χ0v) is 28.5. The Morgan fingerprint density at radius 1 is 0.674 bits per heavy atom. The fraction of sp³-hybridized carbons (Fsp3) is 0.211. The molecular weight excluding hydrogens is 659 g/mol. The molecule has 220 valence electrons. The van der Waals surface area contributed by atoms with Gasteiger partial charge in [0.15, 0.2) is 0 Å². The third-order valence-electron chi connectivity index (χ3n) is 7.85. The van der Waals surface area contributed by atoms with Crippen molar-refractivity contribution in [3.05, 3.63) is 156 Å². The highest BCUT2D eigenvalue weighted by molar-refractivity contribution is 14.1. The van der Waals surface area contributed by atoms with Crippen molar-refractivity contribution in [1.82, 2.24) is 0 Å². The van der Waals surface area contributed by atoms with Crippen molar-refractivity contribution in [2.45, 2.75) is 42.9 Å². The van der Waals surface area contributed by atoms with Crippen LogP contribution in [0.15, 0.2) is 133 Å². The maximum absolute atomic E-state index is 7.35. The van der Waals surface area contributed by atoms with Gasteiger partial charge in [-0.15, -0.1) is 0 Å². The van der Waals surface area contributed by atoms with Crippen LogP contribution in [0.1, 0.15) is 46.9 Å². The van der Waals surface area contributed by atoms with Crippen LogP contribution in [-0.2, 0) is 17.6 Å². The maximum Gasteiger partial charge on any atom is 0.261 e. The van der Waals surface area contributed by atoms with Gasteiger partial charge in [-0.25, -0.2) is 0 Å². The number of halogens is 1. The van der Waals surface area contributed by atoms with Gasteiger partial charge in [0.25, 0.3) is 8.32 Å². The van der Waals surface area contributed by atoms with Crippen molar-refractivity contribution < 1.29 is 13.9 Å². The molecule has 0 amide bonds. The smallest absolute Gasteiger partial charge is 0.261 e. The molecule has 0 heterocycles. The number of hydrogen-bond acceptors (Lipinski definition) is 3. The summed E-state index contributed by atoms with van der Waals surface area (Å²) < 4.78 is 20.0. The number of rotatable bonds is 11. The highest BCUT2D eigenvalue weighted by atomic mass is 127. The first kappa shape index (κ1) is 31.0. The fourth-order valence-electron chi connectivity index (χ4n) is 5.80. The third kappa shape index (κ3) is 6.90. The third-order valence-corrected chi connectivity index (χ3v) is 14.2. The van der Waals surface area contributed by atoms with Gasteiger partial charge < -0.3 is 13.9 Å². The van der Waals surface area contributed by atoms with Crippen LogP contribution in [0.25, 0.3) is 0 Å². The molecule has 43 heavy (non-hydrogen) atoms. The molecule has 0 aliphatic heterocycles. The van der Waals surface area contributed by atoms with Crippen molar-refractivity contribution in [2.24, 2.45) is 0 Å². The fourth-order valence-corrected chi connectivity index (χ4v) is 11.2. The molecule has 0 aliphatic rings. The van der Waals surface area contributed by atoms with Crippen LogP contribution in [0.4, 0.5) is 0 Å². The second kappa shape index (κ2) is 13.9. The summed E-state index contributed by atoms with van der Waals surface area (Å²) in [6.07, 6.45) is 0. The van der Waals surface area contributed by atoms with Crippen molar-refractivity contribution in [2.75, 3.05) is 7.11 Å². The molecule has 0 saturated heterocycles. The molecule has 1 atom stereocenters. The Labute approximate surface area is 271 Å². The van der Waals surface area contributed by atoms with Crippen molar-refractivity contribution in [3.8, 4) is 11.5 Å². The summed E-state index contributed by atoms with van der Waals surface area (Å²) in [4.78, 5) is 0. The van der Waals surface area contributed by atoms with E-state index >= 15 is 0 Å². The summed E-state index contributed by atoms with van der Waals surface area (Å²) in [6.45, 7) is 7.79. The van der Waals surface area contributed by atoms with Crippen LogP contribution in [0.2, 0.25) is 5.04 Å². The summed E-state index contributed by atoms with van der Waals surface area (Å²) in [5, 5.41) is 2.36. The molecule has 0 spiro atoms. The number of benzene rings is 5. The van der Waals surface area contributed by atoms with Gasteiger partial charge in [0.2, 0.25) is 0 Å². The van der Waals surface area contributed by atoms with Gasteiger partial charge >= 0.3 is 0 Å². The molecule has 0 saturated carbocycles. The molecule has 5 aromatic rings. The van der Waals surface area contributed by atoms with E-state index in [1.165, 1.54) is 15.9 Å². The molecule has 0 fully saturated rings. The molecule has 3 nitrogen and oxygen atoms in total. The van der Waals surface area contributed by atoms with Gasteiger partial charge in [-0.05, 0) is 38.7 Å². The Balaban J connectivity index is 1.60. The molecule has 5 heteroatoms. The minimum Gasteiger partial charge on any atom is -0.496 e. The van der Waals surface area contributed by atoms with Gasteiger partial charge in [0, 0.05) is 11.1 Å². The lowest BCUT2D eigenvalue weighted by Crippen LogP contribution is -2.66. The number of ether oxygens (including phenoxy) is 2. The van der Waals surface area contributed by atoms with Crippen LogP contribution in [0, 0.1) is 0 Å². The van der Waals surface area contributed by atoms with Gasteiger partial charge in [-0.2, -0.15) is 0 Å². The minimum absolute atomic E-state index is 0.0700. The topological polar surface area (TPSA) is 27.7 Å². The zero-order chi connectivity index (χ0) is 30.3. The second-order valence-corrected chi connectivity index (χ2v) is 17.3. The van der Waals surface area contributed by atoms with Gasteiger partial charge in [0.1, 0.15) is 18.1 Å². The minimum atomic E-state index is -2.76. The molecule has 5 aromatic carbocycles. The van der Waals surface area contributed by atoms with E-state index in [1.54, 1.807) is 7.11 Å². The summed E-state index contributed by atoms with van der Waals surface area (Å²) >= 11 is 2.50. The highest BCUT2D eigenvalue weighted by Gasteiger charge is 2.50. The van der Waals surface area contributed by atoms with Crippen molar-refractivity contribution in [3.63, 3.8) is 0 Å². The molecule has 0 aromatic heterocycles. The van der Waals surface area contributed by atoms with E-state index in [0.29, 0.717) is 13.2 Å². The maximum atomic E-state index is 7.35. The average molecular weight is 699 g/mol. The van der Waals surface area contributed by atoms with Crippen LogP contribution < -0.4 is 19.8 Å². The standard InChI is InChI=1S/C38H39IO3Si/c1-38(2,3)43(33-21-13-7-14-22-33,34-23-15-8-16-24-34)42-28-31-25-32(41-27-29-17-9-5-10-18-29)26-35(37(31)40-4)36(39)30-19-11-6-12-20-30/h5-26,36H,27-28H2,1-4H3. The first-order chi connectivity index (χ1) is 20.8. The first-order valence-electron chi connectivity index (χ1n) is 14.6. The van der Waals surface area contributed by atoms with E-state index in [0.717, 1.165) is 28.2 Å². The average Bonchev–Trinajstić information content (AvgIpc) is 3.04. The Morgan fingerprint density at radius 3 is 1.70 bits per heavy atom. The normalized spacial score (nSPS) is 12.5. The summed E-state index contributed by atoms with van der Waals surface area (Å²) in [6, 6.07) is 46.5. The van der Waals surface area contributed by atoms with Crippen LogP contribution in [0.5, 0.6) is 11.5 Å². The largest absolute Gasteiger partial charge is 0.496 e. The molecule has 0 N–H and O–H groups in total. The molecule has 5 rings (SSSR count). The van der Waals surface area contributed by atoms with E-state index in [4.69, 9.17) is 13.9 Å². The Morgan fingerprint density at radius 2 is 1.19 bits per heavy atom. The van der Waals surface area contributed by atoms with E-state index in [-0.39, 0.29) is 8.96 Å². The molecule has 0 aliphatic carbocycles. The zero-order valence-electron chi connectivity index (χ0n) is 25.3. The lowest BCUT2D eigenvalue weighted by molar-refractivity contribution is 0.274. The SMILES string of the molecule is COc1c(CO[Si](c2ccccc2)(c2ccccc2)C(C)(C)C)cc(OCc2ccccc2)cc1C(I)c1ccccc1. The highest BCUT2D eigenvalue weighted by Crippen LogP contribution is 2.43. The molecular formula is C38H39IO3Si. The predicted molar refractivity (Wildman–Crippen MR) is 188 cm³/mol. The monoisotopic (exact) mass is 698 g/mol. The Bertz CT molecular complexity index is 1550. The first-order valence-corrected chi connectivity index (χ1v) is 17.8. The van der Waals surface area contributed by atoms with E-state index < -0.39 is 8.32 Å². The number of hydrogen-bond donors (Lipinski definition) is 0. The Hall–Kier alpha value is -3.39. The van der Waals surface area contributed by atoms with Crippen LogP contribution in [0.3, 0.4) is 0 Å².